The molecule has 2 fully saturated rings. The predicted molar refractivity (Wildman–Crippen MR) is 123 cm³/mol. The first-order valence-corrected chi connectivity index (χ1v) is 11.6. The van der Waals surface area contributed by atoms with Gasteiger partial charge in [0.25, 0.3) is 0 Å². The van der Waals surface area contributed by atoms with Crippen molar-refractivity contribution in [3.8, 4) is 11.5 Å². The lowest BCUT2D eigenvalue weighted by atomic mass is 9.89. The highest BCUT2D eigenvalue weighted by molar-refractivity contribution is 5.97. The van der Waals surface area contributed by atoms with E-state index in [-0.39, 0.29) is 29.3 Å². The third kappa shape index (κ3) is 5.90. The van der Waals surface area contributed by atoms with E-state index in [2.05, 4.69) is 10.2 Å². The van der Waals surface area contributed by atoms with Gasteiger partial charge >= 0.3 is 0 Å². The fourth-order valence-corrected chi connectivity index (χ4v) is 4.64. The molecule has 2 aromatic carbocycles. The number of ether oxygens (including phenoxy) is 2. The summed E-state index contributed by atoms with van der Waals surface area (Å²) in [5.74, 6) is 1.45. The van der Waals surface area contributed by atoms with E-state index >= 15 is 0 Å². The van der Waals surface area contributed by atoms with E-state index in [9.17, 15) is 14.0 Å². The van der Waals surface area contributed by atoms with Crippen molar-refractivity contribution in [1.82, 2.24) is 10.2 Å². The second kappa shape index (κ2) is 10.8. The Morgan fingerprint density at radius 2 is 1.88 bits per heavy atom. The Labute approximate surface area is 194 Å². The van der Waals surface area contributed by atoms with Gasteiger partial charge in [-0.05, 0) is 74.3 Å². The highest BCUT2D eigenvalue weighted by Crippen LogP contribution is 2.33. The van der Waals surface area contributed by atoms with Gasteiger partial charge in [-0.1, -0.05) is 6.07 Å². The van der Waals surface area contributed by atoms with Gasteiger partial charge in [-0.2, -0.15) is 0 Å². The number of Topliss-reactive ketones (excluding diaryl/α,β-unsaturated/α-hetero) is 1. The number of halogens is 1. The Morgan fingerprint density at radius 1 is 1.12 bits per heavy atom. The van der Waals surface area contributed by atoms with E-state index in [1.807, 2.05) is 18.2 Å². The summed E-state index contributed by atoms with van der Waals surface area (Å²) in [4.78, 5) is 26.5. The molecule has 2 aromatic rings. The summed E-state index contributed by atoms with van der Waals surface area (Å²) in [6.45, 7) is 3.87. The number of carbonyl (C=O) groups is 2. The molecule has 4 rings (SSSR count). The van der Waals surface area contributed by atoms with Crippen molar-refractivity contribution in [2.45, 2.75) is 31.6 Å². The van der Waals surface area contributed by atoms with Gasteiger partial charge in [-0.15, -0.1) is 0 Å². The summed E-state index contributed by atoms with van der Waals surface area (Å²) in [6, 6.07) is 11.7. The zero-order valence-corrected chi connectivity index (χ0v) is 19.0. The monoisotopic (exact) mass is 454 g/mol. The summed E-state index contributed by atoms with van der Waals surface area (Å²) < 4.78 is 24.6. The molecule has 2 aliphatic heterocycles. The molecular weight excluding hydrogens is 423 g/mol. The van der Waals surface area contributed by atoms with Gasteiger partial charge in [0.2, 0.25) is 5.91 Å². The van der Waals surface area contributed by atoms with E-state index in [0.29, 0.717) is 36.6 Å². The zero-order valence-electron chi connectivity index (χ0n) is 19.0. The lowest BCUT2D eigenvalue weighted by Crippen LogP contribution is -2.37. The molecule has 2 saturated heterocycles. The first-order valence-electron chi connectivity index (χ1n) is 11.6. The SMILES string of the molecule is COc1ccc([C@@H]2CNC(=O)C2)cc1OCCCN1CCC(C(=O)c2ccc(F)cc2)CC1. The summed E-state index contributed by atoms with van der Waals surface area (Å²) >= 11 is 0. The highest BCUT2D eigenvalue weighted by atomic mass is 19.1. The minimum Gasteiger partial charge on any atom is -0.493 e. The first kappa shape index (κ1) is 23.2. The second-order valence-corrected chi connectivity index (χ2v) is 8.80. The highest BCUT2D eigenvalue weighted by Gasteiger charge is 2.26. The van der Waals surface area contributed by atoms with Crippen LogP contribution in [-0.2, 0) is 4.79 Å². The standard InChI is InChI=1S/C26H31FN2O4/c1-32-23-8-5-20(21-16-25(30)28-17-21)15-24(23)33-14-2-11-29-12-9-19(10-13-29)26(31)18-3-6-22(27)7-4-18/h3-8,15,19,21H,2,9-14,16-17H2,1H3,(H,28,30)/t21-/m0/s1. The van der Waals surface area contributed by atoms with Crippen molar-refractivity contribution in [3.63, 3.8) is 0 Å². The first-order chi connectivity index (χ1) is 16.0. The molecular formula is C26H31FN2O4. The molecule has 0 aliphatic carbocycles. The molecule has 0 unspecified atom stereocenters. The van der Waals surface area contributed by atoms with Crippen LogP contribution in [0.15, 0.2) is 42.5 Å². The number of piperidine rings is 1. The van der Waals surface area contributed by atoms with Crippen molar-refractivity contribution in [1.29, 1.82) is 0 Å². The lowest BCUT2D eigenvalue weighted by molar-refractivity contribution is -0.119. The topological polar surface area (TPSA) is 67.9 Å². The molecule has 33 heavy (non-hydrogen) atoms. The van der Waals surface area contributed by atoms with Crippen LogP contribution in [0.5, 0.6) is 11.5 Å². The largest absolute Gasteiger partial charge is 0.493 e. The van der Waals surface area contributed by atoms with Crippen LogP contribution in [-0.4, -0.2) is 56.5 Å². The predicted octanol–water partition coefficient (Wildman–Crippen LogP) is 3.80. The number of ketones is 1. The number of rotatable bonds is 9. The lowest BCUT2D eigenvalue weighted by Gasteiger charge is -2.31. The molecule has 0 bridgehead atoms. The molecule has 0 saturated carbocycles. The second-order valence-electron chi connectivity index (χ2n) is 8.80. The van der Waals surface area contributed by atoms with Crippen molar-refractivity contribution in [2.75, 3.05) is 39.9 Å². The Hall–Kier alpha value is -2.93. The molecule has 7 heteroatoms. The Balaban J connectivity index is 1.22. The molecule has 1 amide bonds. The van der Waals surface area contributed by atoms with Gasteiger partial charge < -0.3 is 19.7 Å². The number of hydrogen-bond acceptors (Lipinski definition) is 5. The fraction of sp³-hybridized carbons (Fsp3) is 0.462. The van der Waals surface area contributed by atoms with Gasteiger partial charge in [0, 0.05) is 36.9 Å². The molecule has 0 radical (unpaired) electrons. The third-order valence-corrected chi connectivity index (χ3v) is 6.60. The number of methoxy groups -OCH3 is 1. The normalized spacial score (nSPS) is 19.3. The smallest absolute Gasteiger partial charge is 0.220 e. The van der Waals surface area contributed by atoms with Crippen molar-refractivity contribution in [2.24, 2.45) is 5.92 Å². The van der Waals surface area contributed by atoms with Gasteiger partial charge in [0.15, 0.2) is 17.3 Å². The van der Waals surface area contributed by atoms with E-state index in [1.165, 1.54) is 12.1 Å². The number of likely N-dealkylation sites (tertiary alicyclic amines) is 1. The van der Waals surface area contributed by atoms with Crippen molar-refractivity contribution >= 4 is 11.7 Å². The number of nitrogens with one attached hydrogen (secondary N) is 1. The van der Waals surface area contributed by atoms with Gasteiger partial charge in [-0.25, -0.2) is 4.39 Å². The molecule has 6 nitrogen and oxygen atoms in total. The molecule has 1 N–H and O–H groups in total. The third-order valence-electron chi connectivity index (χ3n) is 6.60. The molecule has 0 spiro atoms. The van der Waals surface area contributed by atoms with Crippen LogP contribution in [0.3, 0.4) is 0 Å². The molecule has 176 valence electrons. The van der Waals surface area contributed by atoms with Crippen LogP contribution in [0, 0.1) is 11.7 Å². The van der Waals surface area contributed by atoms with Crippen LogP contribution in [0.1, 0.15) is 47.5 Å². The van der Waals surface area contributed by atoms with Crippen LogP contribution >= 0.6 is 0 Å². The maximum Gasteiger partial charge on any atom is 0.220 e. The van der Waals surface area contributed by atoms with Gasteiger partial charge in [0.1, 0.15) is 5.82 Å². The maximum atomic E-state index is 13.1. The Morgan fingerprint density at radius 3 is 2.55 bits per heavy atom. The van der Waals surface area contributed by atoms with E-state index in [4.69, 9.17) is 9.47 Å². The Kier molecular flexibility index (Phi) is 7.60. The number of hydrogen-bond donors (Lipinski definition) is 1. The molecule has 2 aliphatic rings. The van der Waals surface area contributed by atoms with Gasteiger partial charge in [-0.3, -0.25) is 9.59 Å². The quantitative estimate of drug-likeness (QED) is 0.461. The van der Waals surface area contributed by atoms with E-state index in [1.54, 1.807) is 19.2 Å². The fourth-order valence-electron chi connectivity index (χ4n) is 4.64. The molecule has 1 atom stereocenters. The summed E-state index contributed by atoms with van der Waals surface area (Å²) in [6.07, 6.45) is 3.01. The summed E-state index contributed by atoms with van der Waals surface area (Å²) in [5.41, 5.74) is 1.68. The molecule has 0 aromatic heterocycles. The average molecular weight is 455 g/mol. The molecule has 2 heterocycles. The summed E-state index contributed by atoms with van der Waals surface area (Å²) in [5, 5.41) is 2.87. The minimum absolute atomic E-state index is 0.00641. The van der Waals surface area contributed by atoms with Gasteiger partial charge in [0.05, 0.1) is 13.7 Å². The Bertz CT molecular complexity index is 971. The average Bonchev–Trinajstić information content (AvgIpc) is 3.28. The van der Waals surface area contributed by atoms with Crippen LogP contribution in [0.4, 0.5) is 4.39 Å². The zero-order chi connectivity index (χ0) is 23.2. The number of amides is 1. The number of benzene rings is 2. The minimum atomic E-state index is -0.321. The van der Waals surface area contributed by atoms with E-state index < -0.39 is 0 Å². The number of nitrogens with zero attached hydrogens (tertiary/aromatic N) is 1. The summed E-state index contributed by atoms with van der Waals surface area (Å²) in [7, 11) is 1.62. The maximum absolute atomic E-state index is 13.1. The van der Waals surface area contributed by atoms with Crippen LogP contribution < -0.4 is 14.8 Å². The van der Waals surface area contributed by atoms with Crippen LogP contribution in [0.2, 0.25) is 0 Å². The van der Waals surface area contributed by atoms with E-state index in [0.717, 1.165) is 44.5 Å². The van der Waals surface area contributed by atoms with Crippen LogP contribution in [0.25, 0.3) is 0 Å². The van der Waals surface area contributed by atoms with Crippen molar-refractivity contribution < 1.29 is 23.5 Å². The number of carbonyl (C=O) groups excluding carboxylic acids is 2. The van der Waals surface area contributed by atoms with Crippen molar-refractivity contribution in [3.05, 3.63) is 59.4 Å².